The van der Waals surface area contributed by atoms with Gasteiger partial charge in [-0.15, -0.1) is 0 Å². The van der Waals surface area contributed by atoms with Gasteiger partial charge in [-0.3, -0.25) is 4.79 Å². The van der Waals surface area contributed by atoms with Crippen molar-refractivity contribution >= 4 is 5.91 Å². The van der Waals surface area contributed by atoms with Gasteiger partial charge in [0.2, 0.25) is 0 Å². The molecule has 0 aromatic heterocycles. The lowest BCUT2D eigenvalue weighted by Crippen LogP contribution is -2.50. The van der Waals surface area contributed by atoms with Crippen molar-refractivity contribution in [3.05, 3.63) is 35.6 Å². The Balaban J connectivity index is 2.74. The van der Waals surface area contributed by atoms with E-state index >= 15 is 0 Å². The molecule has 0 aliphatic rings. The van der Waals surface area contributed by atoms with Gasteiger partial charge in [0.25, 0.3) is 5.91 Å². The van der Waals surface area contributed by atoms with Crippen molar-refractivity contribution in [1.82, 2.24) is 5.32 Å². The van der Waals surface area contributed by atoms with Crippen LogP contribution in [-0.2, 0) is 4.74 Å². The smallest absolute Gasteiger partial charge is 0.251 e. The predicted molar refractivity (Wildman–Crippen MR) is 65.9 cm³/mol. The second-order valence-electron chi connectivity index (χ2n) is 4.43. The molecule has 5 heteroatoms. The maximum Gasteiger partial charge on any atom is 0.251 e. The molecule has 100 valence electrons. The Morgan fingerprint density at radius 2 is 2.06 bits per heavy atom. The average molecular weight is 255 g/mol. The highest BCUT2D eigenvalue weighted by atomic mass is 19.1. The quantitative estimate of drug-likeness (QED) is 0.806. The van der Waals surface area contributed by atoms with Gasteiger partial charge in [0.05, 0.1) is 12.1 Å². The number of aliphatic hydroxyl groups excluding tert-OH is 1. The molecule has 4 nitrogen and oxygen atoms in total. The molecule has 18 heavy (non-hydrogen) atoms. The zero-order valence-electron chi connectivity index (χ0n) is 10.6. The Bertz CT molecular complexity index is 386. The van der Waals surface area contributed by atoms with Crippen LogP contribution in [0.25, 0.3) is 0 Å². The zero-order chi connectivity index (χ0) is 13.6. The third kappa shape index (κ3) is 4.09. The Kier molecular flexibility index (Phi) is 5.25. The van der Waals surface area contributed by atoms with Gasteiger partial charge in [0.1, 0.15) is 5.82 Å². The number of carbonyl (C=O) groups excluding carboxylic acids is 1. The van der Waals surface area contributed by atoms with Gasteiger partial charge in [0.15, 0.2) is 0 Å². The first-order valence-corrected chi connectivity index (χ1v) is 5.68. The van der Waals surface area contributed by atoms with E-state index in [1.165, 1.54) is 31.4 Å². The predicted octanol–water partition coefficient (Wildman–Crippen LogP) is 1.34. The minimum absolute atomic E-state index is 0.0520. The van der Waals surface area contributed by atoms with Crippen LogP contribution < -0.4 is 5.32 Å². The average Bonchev–Trinajstić information content (AvgIpc) is 2.30. The highest BCUT2D eigenvalue weighted by molar-refractivity contribution is 5.94. The number of nitrogens with one attached hydrogen (secondary N) is 1. The second kappa shape index (κ2) is 6.47. The summed E-state index contributed by atoms with van der Waals surface area (Å²) in [5.41, 5.74) is -0.272. The van der Waals surface area contributed by atoms with E-state index in [2.05, 4.69) is 5.32 Å². The molecule has 0 saturated carbocycles. The maximum atomic E-state index is 12.7. The lowest BCUT2D eigenvalue weighted by molar-refractivity contribution is 0.0725. The highest BCUT2D eigenvalue weighted by Crippen LogP contribution is 2.12. The van der Waals surface area contributed by atoms with Gasteiger partial charge in [-0.2, -0.15) is 0 Å². The SMILES string of the molecule is COCC(C)(CCO)NC(=O)c1ccc(F)cc1. The fourth-order valence-electron chi connectivity index (χ4n) is 1.68. The number of halogens is 1. The summed E-state index contributed by atoms with van der Waals surface area (Å²) in [5, 5.41) is 11.8. The molecule has 1 rings (SSSR count). The first-order valence-electron chi connectivity index (χ1n) is 5.68. The third-order valence-electron chi connectivity index (χ3n) is 2.65. The molecule has 1 aromatic carbocycles. The van der Waals surface area contributed by atoms with E-state index in [0.717, 1.165) is 0 Å². The Hall–Kier alpha value is -1.46. The van der Waals surface area contributed by atoms with E-state index in [1.54, 1.807) is 6.92 Å². The first-order chi connectivity index (χ1) is 8.50. The standard InChI is InChI=1S/C13H18FNO3/c1-13(7-8-16,9-18-2)15-12(17)10-3-5-11(14)6-4-10/h3-6,16H,7-9H2,1-2H3,(H,15,17). The molecule has 0 aliphatic carbocycles. The van der Waals surface area contributed by atoms with Crippen LogP contribution in [0.4, 0.5) is 4.39 Å². The summed E-state index contributed by atoms with van der Waals surface area (Å²) in [6.07, 6.45) is 0.383. The molecule has 1 atom stereocenters. The van der Waals surface area contributed by atoms with E-state index < -0.39 is 5.54 Å². The summed E-state index contributed by atoms with van der Waals surface area (Å²) in [6.45, 7) is 2.03. The van der Waals surface area contributed by atoms with Crippen molar-refractivity contribution in [2.24, 2.45) is 0 Å². The van der Waals surface area contributed by atoms with Crippen LogP contribution in [0, 0.1) is 5.82 Å². The molecule has 1 aromatic rings. The molecule has 0 fully saturated rings. The summed E-state index contributed by atoms with van der Waals surface area (Å²) in [4.78, 5) is 12.0. The molecule has 0 heterocycles. The highest BCUT2D eigenvalue weighted by Gasteiger charge is 2.26. The van der Waals surface area contributed by atoms with Crippen LogP contribution in [0.1, 0.15) is 23.7 Å². The minimum atomic E-state index is -0.644. The van der Waals surface area contributed by atoms with Crippen molar-refractivity contribution in [3.63, 3.8) is 0 Å². The monoisotopic (exact) mass is 255 g/mol. The van der Waals surface area contributed by atoms with Crippen LogP contribution in [0.5, 0.6) is 0 Å². The first kappa shape index (κ1) is 14.6. The van der Waals surface area contributed by atoms with Gasteiger partial charge in [-0.05, 0) is 37.6 Å². The van der Waals surface area contributed by atoms with Crippen molar-refractivity contribution < 1.29 is 19.0 Å². The van der Waals surface area contributed by atoms with Gasteiger partial charge in [-0.25, -0.2) is 4.39 Å². The summed E-state index contributed by atoms with van der Waals surface area (Å²) < 4.78 is 17.8. The van der Waals surface area contributed by atoms with Gasteiger partial charge < -0.3 is 15.2 Å². The van der Waals surface area contributed by atoms with Crippen molar-refractivity contribution in [2.75, 3.05) is 20.3 Å². The number of aliphatic hydroxyl groups is 1. The Labute approximate surface area is 106 Å². The molecule has 0 saturated heterocycles. The number of methoxy groups -OCH3 is 1. The second-order valence-corrected chi connectivity index (χ2v) is 4.43. The lowest BCUT2D eigenvalue weighted by Gasteiger charge is -2.29. The number of ether oxygens (including phenoxy) is 1. The van der Waals surface area contributed by atoms with Gasteiger partial charge in [-0.1, -0.05) is 0 Å². The minimum Gasteiger partial charge on any atom is -0.396 e. The fourth-order valence-corrected chi connectivity index (χ4v) is 1.68. The van der Waals surface area contributed by atoms with Crippen LogP contribution in [0.15, 0.2) is 24.3 Å². The molecular weight excluding hydrogens is 237 g/mol. The Morgan fingerprint density at radius 1 is 1.44 bits per heavy atom. The van der Waals surface area contributed by atoms with E-state index in [1.807, 2.05) is 0 Å². The maximum absolute atomic E-state index is 12.7. The van der Waals surface area contributed by atoms with Crippen molar-refractivity contribution in [3.8, 4) is 0 Å². The lowest BCUT2D eigenvalue weighted by atomic mass is 9.98. The van der Waals surface area contributed by atoms with Crippen molar-refractivity contribution in [1.29, 1.82) is 0 Å². The number of hydrogen-bond acceptors (Lipinski definition) is 3. The number of amides is 1. The molecule has 0 radical (unpaired) electrons. The van der Waals surface area contributed by atoms with Gasteiger partial charge >= 0.3 is 0 Å². The molecule has 0 spiro atoms. The molecule has 2 N–H and O–H groups in total. The van der Waals surface area contributed by atoms with Crippen molar-refractivity contribution in [2.45, 2.75) is 18.9 Å². The van der Waals surface area contributed by atoms with E-state index in [4.69, 9.17) is 9.84 Å². The number of rotatable bonds is 6. The zero-order valence-corrected chi connectivity index (χ0v) is 10.6. The summed E-state index contributed by atoms with van der Waals surface area (Å²) in [7, 11) is 1.53. The molecular formula is C13H18FNO3. The Morgan fingerprint density at radius 3 is 2.56 bits per heavy atom. The van der Waals surface area contributed by atoms with E-state index in [9.17, 15) is 9.18 Å². The molecule has 1 amide bonds. The van der Waals surface area contributed by atoms with E-state index in [-0.39, 0.29) is 18.3 Å². The molecule has 0 aliphatic heterocycles. The topological polar surface area (TPSA) is 58.6 Å². The third-order valence-corrected chi connectivity index (χ3v) is 2.65. The van der Waals surface area contributed by atoms with Gasteiger partial charge in [0, 0.05) is 19.3 Å². The van der Waals surface area contributed by atoms with Crippen LogP contribution in [0.2, 0.25) is 0 Å². The largest absolute Gasteiger partial charge is 0.396 e. The van der Waals surface area contributed by atoms with Crippen LogP contribution in [0.3, 0.4) is 0 Å². The fraction of sp³-hybridized carbons (Fsp3) is 0.462. The summed E-state index contributed by atoms with van der Waals surface area (Å²) in [5.74, 6) is -0.704. The summed E-state index contributed by atoms with van der Waals surface area (Å²) in [6, 6.07) is 5.29. The van der Waals surface area contributed by atoms with Crippen LogP contribution in [-0.4, -0.2) is 36.9 Å². The van der Waals surface area contributed by atoms with Crippen LogP contribution >= 0.6 is 0 Å². The normalized spacial score (nSPS) is 14.0. The number of carbonyl (C=O) groups is 1. The molecule has 0 bridgehead atoms. The van der Waals surface area contributed by atoms with E-state index in [0.29, 0.717) is 18.6 Å². The summed E-state index contributed by atoms with van der Waals surface area (Å²) >= 11 is 0. The molecule has 1 unspecified atom stereocenters. The number of benzene rings is 1. The number of hydrogen-bond donors (Lipinski definition) is 2.